The Balaban J connectivity index is 1.88. The number of aromatic nitrogens is 2. The van der Waals surface area contributed by atoms with Gasteiger partial charge in [0.15, 0.2) is 15.5 Å². The lowest BCUT2D eigenvalue weighted by atomic mass is 10.2. The van der Waals surface area contributed by atoms with Gasteiger partial charge in [0.1, 0.15) is 5.58 Å². The molecule has 1 N–H and O–H groups in total. The summed E-state index contributed by atoms with van der Waals surface area (Å²) >= 11 is 6.11. The highest BCUT2D eigenvalue weighted by molar-refractivity contribution is 9.10. The van der Waals surface area contributed by atoms with Gasteiger partial charge >= 0.3 is 0 Å². The lowest BCUT2D eigenvalue weighted by molar-refractivity contribution is 0.0997. The molecule has 0 saturated heterocycles. The van der Waals surface area contributed by atoms with E-state index in [1.807, 2.05) is 6.92 Å². The Labute approximate surface area is 147 Å². The first kappa shape index (κ1) is 16.2. The molecule has 0 unspecified atom stereocenters. The summed E-state index contributed by atoms with van der Waals surface area (Å²) in [5, 5.41) is 11.2. The Morgan fingerprint density at radius 2 is 2.22 bits per heavy atom. The number of nitrogens with zero attached hydrogens (tertiary/aromatic N) is 2. The molecule has 23 heavy (non-hydrogen) atoms. The van der Waals surface area contributed by atoms with Crippen LogP contribution in [0.2, 0.25) is 0 Å². The Morgan fingerprint density at radius 3 is 3.00 bits per heavy atom. The number of benzene rings is 1. The maximum Gasteiger partial charge on any atom is 0.293 e. The van der Waals surface area contributed by atoms with Gasteiger partial charge in [0.2, 0.25) is 5.13 Å². The molecule has 1 amide bonds. The van der Waals surface area contributed by atoms with Gasteiger partial charge in [0, 0.05) is 10.5 Å². The zero-order valence-electron chi connectivity index (χ0n) is 11.8. The van der Waals surface area contributed by atoms with Gasteiger partial charge in [0.05, 0.1) is 5.39 Å². The van der Waals surface area contributed by atoms with E-state index in [9.17, 15) is 9.59 Å². The highest BCUT2D eigenvalue weighted by Gasteiger charge is 2.15. The quantitative estimate of drug-likeness (QED) is 0.519. The van der Waals surface area contributed by atoms with Crippen molar-refractivity contribution in [2.45, 2.75) is 11.3 Å². The fraction of sp³-hybridized carbons (Fsp3) is 0.143. The standard InChI is InChI=1S/C14H10BrN3O3S2/c1-2-22-14-18-17-13(23-14)16-12(20)11-6-9(19)8-5-7(15)3-4-10(8)21-11/h3-6H,2H2,1H3,(H,16,17,20). The van der Waals surface area contributed by atoms with Crippen LogP contribution in [0.5, 0.6) is 0 Å². The fourth-order valence-electron chi connectivity index (χ4n) is 1.84. The van der Waals surface area contributed by atoms with Crippen LogP contribution in [0.25, 0.3) is 11.0 Å². The summed E-state index contributed by atoms with van der Waals surface area (Å²) in [6.45, 7) is 2.01. The Kier molecular flexibility index (Phi) is 4.79. The Morgan fingerprint density at radius 1 is 1.39 bits per heavy atom. The van der Waals surface area contributed by atoms with E-state index >= 15 is 0 Å². The number of halogens is 1. The number of hydrogen-bond acceptors (Lipinski definition) is 7. The first-order valence-corrected chi connectivity index (χ1v) is 9.17. The van der Waals surface area contributed by atoms with E-state index < -0.39 is 5.91 Å². The molecule has 118 valence electrons. The average molecular weight is 412 g/mol. The number of amides is 1. The zero-order chi connectivity index (χ0) is 16.4. The Bertz CT molecular complexity index is 938. The van der Waals surface area contributed by atoms with Crippen molar-refractivity contribution in [3.05, 3.63) is 44.7 Å². The molecule has 3 aromatic rings. The van der Waals surface area contributed by atoms with Crippen LogP contribution >= 0.6 is 39.0 Å². The Hall–Kier alpha value is -1.71. The fourth-order valence-corrected chi connectivity index (χ4v) is 3.85. The van der Waals surface area contributed by atoms with E-state index in [-0.39, 0.29) is 11.2 Å². The van der Waals surface area contributed by atoms with Crippen molar-refractivity contribution in [3.63, 3.8) is 0 Å². The minimum Gasteiger partial charge on any atom is -0.451 e. The second-order valence-electron chi connectivity index (χ2n) is 4.38. The number of nitrogens with one attached hydrogen (secondary N) is 1. The molecular weight excluding hydrogens is 402 g/mol. The van der Waals surface area contributed by atoms with Gasteiger partial charge in [-0.2, -0.15) is 0 Å². The molecule has 0 atom stereocenters. The van der Waals surface area contributed by atoms with E-state index in [0.717, 1.165) is 14.6 Å². The molecule has 0 bridgehead atoms. The lowest BCUT2D eigenvalue weighted by Gasteiger charge is -2.02. The first-order valence-electron chi connectivity index (χ1n) is 6.58. The summed E-state index contributed by atoms with van der Waals surface area (Å²) in [7, 11) is 0. The summed E-state index contributed by atoms with van der Waals surface area (Å²) in [5.41, 5.74) is 0.0718. The molecule has 2 aromatic heterocycles. The lowest BCUT2D eigenvalue weighted by Crippen LogP contribution is -2.14. The van der Waals surface area contributed by atoms with Gasteiger partial charge in [0.25, 0.3) is 5.91 Å². The van der Waals surface area contributed by atoms with Crippen molar-refractivity contribution in [2.75, 3.05) is 11.1 Å². The normalized spacial score (nSPS) is 10.9. The van der Waals surface area contributed by atoms with Crippen LogP contribution in [0.3, 0.4) is 0 Å². The zero-order valence-corrected chi connectivity index (χ0v) is 15.0. The summed E-state index contributed by atoms with van der Waals surface area (Å²) in [6.07, 6.45) is 0. The summed E-state index contributed by atoms with van der Waals surface area (Å²) in [5.74, 6) is 0.276. The first-order chi connectivity index (χ1) is 11.1. The minimum absolute atomic E-state index is 0.0651. The molecule has 0 fully saturated rings. The van der Waals surface area contributed by atoms with Gasteiger partial charge in [-0.25, -0.2) is 0 Å². The van der Waals surface area contributed by atoms with E-state index in [1.165, 1.54) is 17.4 Å². The van der Waals surface area contributed by atoms with Crippen LogP contribution in [0, 0.1) is 0 Å². The van der Waals surface area contributed by atoms with Crippen molar-refractivity contribution < 1.29 is 9.21 Å². The van der Waals surface area contributed by atoms with Crippen molar-refractivity contribution in [3.8, 4) is 0 Å². The van der Waals surface area contributed by atoms with Crippen LogP contribution < -0.4 is 10.7 Å². The molecule has 6 nitrogen and oxygen atoms in total. The smallest absolute Gasteiger partial charge is 0.293 e. The van der Waals surface area contributed by atoms with Crippen LogP contribution in [0.15, 0.2) is 42.3 Å². The van der Waals surface area contributed by atoms with E-state index in [4.69, 9.17) is 4.42 Å². The number of fused-ring (bicyclic) bond motifs is 1. The number of hydrogen-bond donors (Lipinski definition) is 1. The topological polar surface area (TPSA) is 85.1 Å². The van der Waals surface area contributed by atoms with Gasteiger partial charge in [-0.05, 0) is 24.0 Å². The van der Waals surface area contributed by atoms with Crippen LogP contribution in [-0.4, -0.2) is 21.9 Å². The van der Waals surface area contributed by atoms with Gasteiger partial charge in [-0.15, -0.1) is 10.2 Å². The number of rotatable bonds is 4. The molecule has 1 aromatic carbocycles. The van der Waals surface area contributed by atoms with Gasteiger partial charge in [-0.3, -0.25) is 14.9 Å². The molecule has 0 aliphatic heterocycles. The molecule has 3 rings (SSSR count). The van der Waals surface area contributed by atoms with E-state index in [2.05, 4.69) is 31.4 Å². The molecule has 0 radical (unpaired) electrons. The van der Waals surface area contributed by atoms with Crippen molar-refractivity contribution >= 4 is 61.0 Å². The third-order valence-electron chi connectivity index (χ3n) is 2.81. The predicted molar refractivity (Wildman–Crippen MR) is 94.4 cm³/mol. The molecule has 0 aliphatic rings. The van der Waals surface area contributed by atoms with Crippen LogP contribution in [0.1, 0.15) is 17.5 Å². The second kappa shape index (κ2) is 6.81. The number of thioether (sulfide) groups is 1. The molecular formula is C14H10BrN3O3S2. The number of carbonyl (C=O) groups excluding carboxylic acids is 1. The maximum atomic E-state index is 12.2. The summed E-state index contributed by atoms with van der Waals surface area (Å²) in [6, 6.07) is 6.21. The highest BCUT2D eigenvalue weighted by Crippen LogP contribution is 2.25. The summed E-state index contributed by atoms with van der Waals surface area (Å²) < 4.78 is 7.04. The number of anilines is 1. The van der Waals surface area contributed by atoms with Gasteiger partial charge in [-0.1, -0.05) is 46.0 Å². The monoisotopic (exact) mass is 411 g/mol. The van der Waals surface area contributed by atoms with Crippen molar-refractivity contribution in [1.29, 1.82) is 0 Å². The number of carbonyl (C=O) groups is 1. The molecule has 0 saturated carbocycles. The molecule has 0 spiro atoms. The van der Waals surface area contributed by atoms with Gasteiger partial charge < -0.3 is 4.42 Å². The van der Waals surface area contributed by atoms with Crippen molar-refractivity contribution in [1.82, 2.24) is 10.2 Å². The molecule has 2 heterocycles. The average Bonchev–Trinajstić information content (AvgIpc) is 2.95. The third kappa shape index (κ3) is 3.62. The van der Waals surface area contributed by atoms with Crippen LogP contribution in [-0.2, 0) is 0 Å². The van der Waals surface area contributed by atoms with E-state index in [1.54, 1.807) is 30.0 Å². The second-order valence-corrected chi connectivity index (χ2v) is 7.78. The maximum absolute atomic E-state index is 12.2. The highest BCUT2D eigenvalue weighted by atomic mass is 79.9. The molecule has 9 heteroatoms. The summed E-state index contributed by atoms with van der Waals surface area (Å²) in [4.78, 5) is 24.3. The molecule has 0 aliphatic carbocycles. The minimum atomic E-state index is -0.531. The van der Waals surface area contributed by atoms with Crippen molar-refractivity contribution in [2.24, 2.45) is 0 Å². The SMILES string of the molecule is CCSc1nnc(NC(=O)c2cc(=O)c3cc(Br)ccc3o2)s1. The third-order valence-corrected chi connectivity index (χ3v) is 5.16. The largest absolute Gasteiger partial charge is 0.451 e. The van der Waals surface area contributed by atoms with Crippen LogP contribution in [0.4, 0.5) is 5.13 Å². The van der Waals surface area contributed by atoms with E-state index in [0.29, 0.717) is 16.1 Å². The predicted octanol–water partition coefficient (Wildman–Crippen LogP) is 3.77.